The summed E-state index contributed by atoms with van der Waals surface area (Å²) in [6.45, 7) is 2.67. The van der Waals surface area contributed by atoms with Crippen molar-refractivity contribution in [2.24, 2.45) is 11.8 Å². The highest BCUT2D eigenvalue weighted by atomic mass is 19.2. The molecule has 0 radical (unpaired) electrons. The van der Waals surface area contributed by atoms with Crippen molar-refractivity contribution in [3.8, 4) is 0 Å². The molecular formula is C13H18F2N2O. The second kappa shape index (κ2) is 5.73. The Morgan fingerprint density at radius 1 is 1.50 bits per heavy atom. The van der Waals surface area contributed by atoms with Crippen LogP contribution in [0.1, 0.15) is 18.9 Å². The molecule has 3 unspecified atom stereocenters. The quantitative estimate of drug-likeness (QED) is 0.637. The van der Waals surface area contributed by atoms with Gasteiger partial charge in [0.05, 0.1) is 6.10 Å². The Balaban J connectivity index is 2.12. The lowest BCUT2D eigenvalue weighted by Crippen LogP contribution is -2.44. The van der Waals surface area contributed by atoms with E-state index >= 15 is 0 Å². The van der Waals surface area contributed by atoms with Crippen molar-refractivity contribution in [3.05, 3.63) is 35.4 Å². The molecule has 5 heteroatoms. The first kappa shape index (κ1) is 13.4. The third kappa shape index (κ3) is 2.68. The predicted molar refractivity (Wildman–Crippen MR) is 64.7 cm³/mol. The summed E-state index contributed by atoms with van der Waals surface area (Å²) in [6.07, 6.45) is 1.33. The van der Waals surface area contributed by atoms with E-state index in [4.69, 9.17) is 10.6 Å². The summed E-state index contributed by atoms with van der Waals surface area (Å²) >= 11 is 0. The van der Waals surface area contributed by atoms with Gasteiger partial charge in [-0.3, -0.25) is 11.3 Å². The van der Waals surface area contributed by atoms with Crippen LogP contribution in [0.25, 0.3) is 0 Å². The summed E-state index contributed by atoms with van der Waals surface area (Å²) in [7, 11) is 0. The van der Waals surface area contributed by atoms with E-state index in [2.05, 4.69) is 5.43 Å². The van der Waals surface area contributed by atoms with E-state index in [1.54, 1.807) is 6.07 Å². The number of nitrogens with one attached hydrogen (secondary N) is 1. The molecule has 2 rings (SSSR count). The standard InChI is InChI=1S/C13H18F2N2O/c1-8-10(5-6-18-8)12(17-16)7-9-3-2-4-11(14)13(9)15/h2-4,8,10,12,17H,5-7,16H2,1H3. The molecule has 0 aliphatic carbocycles. The molecule has 0 saturated carbocycles. The van der Waals surface area contributed by atoms with Gasteiger partial charge in [-0.2, -0.15) is 0 Å². The molecule has 100 valence electrons. The molecule has 3 nitrogen and oxygen atoms in total. The SMILES string of the molecule is CC1OCCC1C(Cc1cccc(F)c1F)NN. The first-order chi connectivity index (χ1) is 8.63. The summed E-state index contributed by atoms with van der Waals surface area (Å²) in [6, 6.07) is 4.10. The average Bonchev–Trinajstić information content (AvgIpc) is 2.77. The molecule has 0 bridgehead atoms. The molecule has 1 fully saturated rings. The van der Waals surface area contributed by atoms with Crippen LogP contribution < -0.4 is 11.3 Å². The topological polar surface area (TPSA) is 47.3 Å². The Hall–Kier alpha value is -1.04. The minimum absolute atomic E-state index is 0.0858. The van der Waals surface area contributed by atoms with Gasteiger partial charge in [0.1, 0.15) is 0 Å². The number of ether oxygens (including phenoxy) is 1. The fourth-order valence-corrected chi connectivity index (χ4v) is 2.55. The Morgan fingerprint density at radius 3 is 2.89 bits per heavy atom. The van der Waals surface area contributed by atoms with E-state index in [9.17, 15) is 8.78 Å². The van der Waals surface area contributed by atoms with E-state index in [0.29, 0.717) is 18.6 Å². The first-order valence-electron chi connectivity index (χ1n) is 6.14. The molecule has 1 aliphatic heterocycles. The number of halogens is 2. The molecule has 0 spiro atoms. The molecule has 1 aromatic rings. The van der Waals surface area contributed by atoms with Crippen LogP contribution in [-0.2, 0) is 11.2 Å². The summed E-state index contributed by atoms with van der Waals surface area (Å²) < 4.78 is 32.2. The second-order valence-corrected chi connectivity index (χ2v) is 4.72. The third-order valence-electron chi connectivity index (χ3n) is 3.64. The molecule has 0 amide bonds. The maximum atomic E-state index is 13.6. The lowest BCUT2D eigenvalue weighted by Gasteiger charge is -2.25. The van der Waals surface area contributed by atoms with Crippen molar-refractivity contribution in [2.75, 3.05) is 6.61 Å². The van der Waals surface area contributed by atoms with E-state index in [1.807, 2.05) is 6.92 Å². The molecule has 3 N–H and O–H groups in total. The lowest BCUT2D eigenvalue weighted by atomic mass is 9.89. The van der Waals surface area contributed by atoms with E-state index in [0.717, 1.165) is 12.5 Å². The van der Waals surface area contributed by atoms with E-state index in [1.165, 1.54) is 6.07 Å². The van der Waals surface area contributed by atoms with Crippen LogP contribution in [0.15, 0.2) is 18.2 Å². The zero-order valence-corrected chi connectivity index (χ0v) is 10.3. The van der Waals surface area contributed by atoms with Crippen molar-refractivity contribution < 1.29 is 13.5 Å². The van der Waals surface area contributed by atoms with Gasteiger partial charge in [0.2, 0.25) is 0 Å². The van der Waals surface area contributed by atoms with Gasteiger partial charge >= 0.3 is 0 Å². The summed E-state index contributed by atoms with van der Waals surface area (Å²) in [5, 5.41) is 0. The lowest BCUT2D eigenvalue weighted by molar-refractivity contribution is 0.0952. The maximum Gasteiger partial charge on any atom is 0.162 e. The van der Waals surface area contributed by atoms with Crippen LogP contribution in [-0.4, -0.2) is 18.8 Å². The van der Waals surface area contributed by atoms with Crippen LogP contribution in [0.5, 0.6) is 0 Å². The van der Waals surface area contributed by atoms with Gasteiger partial charge in [-0.25, -0.2) is 8.78 Å². The van der Waals surface area contributed by atoms with Crippen LogP contribution in [0.2, 0.25) is 0 Å². The normalized spacial score (nSPS) is 25.3. The van der Waals surface area contributed by atoms with Crippen molar-refractivity contribution in [1.29, 1.82) is 0 Å². The average molecular weight is 256 g/mol. The number of hydrogen-bond donors (Lipinski definition) is 2. The molecule has 3 atom stereocenters. The Morgan fingerprint density at radius 2 is 2.28 bits per heavy atom. The Bertz CT molecular complexity index is 414. The van der Waals surface area contributed by atoms with Crippen molar-refractivity contribution >= 4 is 0 Å². The number of hydrazine groups is 1. The molecule has 18 heavy (non-hydrogen) atoms. The molecule has 1 saturated heterocycles. The van der Waals surface area contributed by atoms with Gasteiger partial charge in [-0.15, -0.1) is 0 Å². The van der Waals surface area contributed by atoms with E-state index < -0.39 is 11.6 Å². The number of nitrogens with two attached hydrogens (primary N) is 1. The van der Waals surface area contributed by atoms with Gasteiger partial charge in [0.15, 0.2) is 11.6 Å². The monoisotopic (exact) mass is 256 g/mol. The van der Waals surface area contributed by atoms with Crippen molar-refractivity contribution in [1.82, 2.24) is 5.43 Å². The summed E-state index contributed by atoms with van der Waals surface area (Å²) in [5.41, 5.74) is 3.04. The Labute approximate surface area is 105 Å². The van der Waals surface area contributed by atoms with Gasteiger partial charge in [0.25, 0.3) is 0 Å². The highest BCUT2D eigenvalue weighted by Gasteiger charge is 2.31. The molecule has 1 aliphatic rings. The molecule has 0 aromatic heterocycles. The second-order valence-electron chi connectivity index (χ2n) is 4.72. The zero-order valence-electron chi connectivity index (χ0n) is 10.3. The van der Waals surface area contributed by atoms with E-state index in [-0.39, 0.29) is 18.1 Å². The highest BCUT2D eigenvalue weighted by molar-refractivity contribution is 5.20. The predicted octanol–water partition coefficient (Wildman–Crippen LogP) is 1.76. The highest BCUT2D eigenvalue weighted by Crippen LogP contribution is 2.26. The minimum Gasteiger partial charge on any atom is -0.378 e. The Kier molecular flexibility index (Phi) is 4.27. The minimum atomic E-state index is -0.820. The fraction of sp³-hybridized carbons (Fsp3) is 0.538. The molecular weight excluding hydrogens is 238 g/mol. The fourth-order valence-electron chi connectivity index (χ4n) is 2.55. The van der Waals surface area contributed by atoms with Crippen molar-refractivity contribution in [2.45, 2.75) is 31.9 Å². The van der Waals surface area contributed by atoms with Gasteiger partial charge in [-0.1, -0.05) is 12.1 Å². The number of benzene rings is 1. The largest absolute Gasteiger partial charge is 0.378 e. The van der Waals surface area contributed by atoms with Gasteiger partial charge in [-0.05, 0) is 31.4 Å². The van der Waals surface area contributed by atoms with Gasteiger partial charge < -0.3 is 4.74 Å². The van der Waals surface area contributed by atoms with Gasteiger partial charge in [0, 0.05) is 18.6 Å². The zero-order chi connectivity index (χ0) is 13.1. The number of hydrogen-bond acceptors (Lipinski definition) is 3. The molecule has 1 heterocycles. The van der Waals surface area contributed by atoms with Crippen molar-refractivity contribution in [3.63, 3.8) is 0 Å². The van der Waals surface area contributed by atoms with Crippen LogP contribution >= 0.6 is 0 Å². The molecule has 1 aromatic carbocycles. The van der Waals surface area contributed by atoms with Crippen LogP contribution in [0.3, 0.4) is 0 Å². The third-order valence-corrected chi connectivity index (χ3v) is 3.64. The summed E-state index contributed by atoms with van der Waals surface area (Å²) in [4.78, 5) is 0. The maximum absolute atomic E-state index is 13.6. The van der Waals surface area contributed by atoms with Crippen LogP contribution in [0.4, 0.5) is 8.78 Å². The van der Waals surface area contributed by atoms with Crippen LogP contribution in [0, 0.1) is 17.6 Å². The smallest absolute Gasteiger partial charge is 0.162 e. The first-order valence-corrected chi connectivity index (χ1v) is 6.14. The number of rotatable bonds is 4. The summed E-state index contributed by atoms with van der Waals surface area (Å²) in [5.74, 6) is 4.14.